The lowest BCUT2D eigenvalue weighted by molar-refractivity contribution is 0.0698. The summed E-state index contributed by atoms with van der Waals surface area (Å²) < 4.78 is 7.27. The van der Waals surface area contributed by atoms with Crippen molar-refractivity contribution in [3.05, 3.63) is 81.6 Å². The molecule has 1 aliphatic rings. The fourth-order valence-corrected chi connectivity index (χ4v) is 4.69. The summed E-state index contributed by atoms with van der Waals surface area (Å²) in [5, 5.41) is 8.41. The highest BCUT2D eigenvalue weighted by Crippen LogP contribution is 2.21. The standard InChI is InChI=1S/C27H31ClN4O3/c1-4-35-23-11-9-20(10-12-23)27(34)31-15-13-22(14-16-31)29-26(33)25-18(2)30-32(19(25)3)17-21-7-5-6-8-24(21)28/h5-12,22H,4,13-17H2,1-3H3,(H,29,33). The van der Waals surface area contributed by atoms with Gasteiger partial charge in [-0.3, -0.25) is 14.3 Å². The van der Waals surface area contributed by atoms with E-state index in [-0.39, 0.29) is 17.9 Å². The van der Waals surface area contributed by atoms with Crippen LogP contribution in [0.4, 0.5) is 0 Å². The Morgan fingerprint density at radius 3 is 2.43 bits per heavy atom. The highest BCUT2D eigenvalue weighted by molar-refractivity contribution is 6.31. The van der Waals surface area contributed by atoms with Gasteiger partial charge in [0.2, 0.25) is 0 Å². The van der Waals surface area contributed by atoms with E-state index >= 15 is 0 Å². The average Bonchev–Trinajstić information content (AvgIpc) is 3.14. The maximum atomic E-state index is 13.1. The minimum atomic E-state index is -0.123. The number of hydrogen-bond acceptors (Lipinski definition) is 4. The molecule has 1 aromatic heterocycles. The molecule has 0 bridgehead atoms. The zero-order valence-corrected chi connectivity index (χ0v) is 21.1. The second kappa shape index (κ2) is 11.0. The molecule has 0 aliphatic carbocycles. The molecule has 0 spiro atoms. The summed E-state index contributed by atoms with van der Waals surface area (Å²) in [5.41, 5.74) is 3.70. The van der Waals surface area contributed by atoms with Gasteiger partial charge >= 0.3 is 0 Å². The van der Waals surface area contributed by atoms with E-state index in [1.807, 2.05) is 66.8 Å². The zero-order valence-electron chi connectivity index (χ0n) is 20.4. The van der Waals surface area contributed by atoms with Crippen LogP contribution in [0.5, 0.6) is 5.75 Å². The summed E-state index contributed by atoms with van der Waals surface area (Å²) in [6, 6.07) is 14.9. The molecule has 3 aromatic rings. The lowest BCUT2D eigenvalue weighted by atomic mass is 10.0. The number of aryl methyl sites for hydroxylation is 1. The third-order valence-corrected chi connectivity index (χ3v) is 6.78. The minimum Gasteiger partial charge on any atom is -0.494 e. The molecule has 2 aromatic carbocycles. The topological polar surface area (TPSA) is 76.5 Å². The number of carbonyl (C=O) groups is 2. The van der Waals surface area contributed by atoms with Crippen LogP contribution in [0.2, 0.25) is 5.02 Å². The lowest BCUT2D eigenvalue weighted by Gasteiger charge is -2.32. The van der Waals surface area contributed by atoms with E-state index in [9.17, 15) is 9.59 Å². The number of carbonyl (C=O) groups excluding carboxylic acids is 2. The first-order valence-corrected chi connectivity index (χ1v) is 12.4. The van der Waals surface area contributed by atoms with Crippen LogP contribution < -0.4 is 10.1 Å². The molecule has 0 saturated carbocycles. The summed E-state index contributed by atoms with van der Waals surface area (Å²) in [4.78, 5) is 27.8. The van der Waals surface area contributed by atoms with Gasteiger partial charge in [-0.2, -0.15) is 5.10 Å². The van der Waals surface area contributed by atoms with E-state index in [4.69, 9.17) is 16.3 Å². The highest BCUT2D eigenvalue weighted by atomic mass is 35.5. The van der Waals surface area contributed by atoms with Gasteiger partial charge in [-0.25, -0.2) is 0 Å². The molecular formula is C27H31ClN4O3. The van der Waals surface area contributed by atoms with Crippen LogP contribution in [0.25, 0.3) is 0 Å². The van der Waals surface area contributed by atoms with Gasteiger partial charge in [0.05, 0.1) is 24.4 Å². The van der Waals surface area contributed by atoms with E-state index in [1.165, 1.54) is 0 Å². The Morgan fingerprint density at radius 2 is 1.77 bits per heavy atom. The third-order valence-electron chi connectivity index (χ3n) is 6.42. The Labute approximate surface area is 211 Å². The summed E-state index contributed by atoms with van der Waals surface area (Å²) in [6.45, 7) is 7.98. The van der Waals surface area contributed by atoms with Crippen LogP contribution in [0.1, 0.15) is 57.4 Å². The summed E-state index contributed by atoms with van der Waals surface area (Å²) >= 11 is 6.30. The van der Waals surface area contributed by atoms with Gasteiger partial charge in [0, 0.05) is 35.4 Å². The average molecular weight is 495 g/mol. The second-order valence-corrected chi connectivity index (χ2v) is 9.20. The molecule has 4 rings (SSSR count). The Bertz CT molecular complexity index is 1200. The molecule has 0 radical (unpaired) electrons. The molecule has 1 aliphatic heterocycles. The second-order valence-electron chi connectivity index (χ2n) is 8.79. The number of amides is 2. The number of halogens is 1. The molecule has 1 N–H and O–H groups in total. The van der Waals surface area contributed by atoms with Gasteiger partial charge in [0.25, 0.3) is 11.8 Å². The lowest BCUT2D eigenvalue weighted by Crippen LogP contribution is -2.46. The minimum absolute atomic E-state index is 0.00497. The summed E-state index contributed by atoms with van der Waals surface area (Å²) in [5.74, 6) is 0.637. The van der Waals surface area contributed by atoms with E-state index in [2.05, 4.69) is 10.4 Å². The Balaban J connectivity index is 1.35. The molecular weight excluding hydrogens is 464 g/mol. The number of hydrogen-bond donors (Lipinski definition) is 1. The molecule has 8 heteroatoms. The summed E-state index contributed by atoms with van der Waals surface area (Å²) in [7, 11) is 0. The van der Waals surface area contributed by atoms with E-state index in [0.717, 1.165) is 17.0 Å². The molecule has 2 amide bonds. The highest BCUT2D eigenvalue weighted by Gasteiger charge is 2.27. The van der Waals surface area contributed by atoms with Crippen molar-refractivity contribution in [2.75, 3.05) is 19.7 Å². The maximum absolute atomic E-state index is 13.1. The molecule has 7 nitrogen and oxygen atoms in total. The van der Waals surface area contributed by atoms with Crippen LogP contribution in [0.15, 0.2) is 48.5 Å². The number of likely N-dealkylation sites (tertiary alicyclic amines) is 1. The molecule has 0 unspecified atom stereocenters. The first-order valence-electron chi connectivity index (χ1n) is 12.0. The van der Waals surface area contributed by atoms with Crippen LogP contribution in [-0.4, -0.2) is 52.2 Å². The fourth-order valence-electron chi connectivity index (χ4n) is 4.49. The monoisotopic (exact) mass is 494 g/mol. The van der Waals surface area contributed by atoms with Crippen molar-refractivity contribution in [1.29, 1.82) is 0 Å². The van der Waals surface area contributed by atoms with Gasteiger partial charge in [0.15, 0.2) is 0 Å². The van der Waals surface area contributed by atoms with Gasteiger partial charge in [-0.05, 0) is 69.5 Å². The molecule has 1 fully saturated rings. The van der Waals surface area contributed by atoms with Crippen molar-refractivity contribution in [2.45, 2.75) is 46.2 Å². The molecule has 184 valence electrons. The van der Waals surface area contributed by atoms with Gasteiger partial charge < -0.3 is 15.0 Å². The molecule has 1 saturated heterocycles. The van der Waals surface area contributed by atoms with Gasteiger partial charge in [0.1, 0.15) is 5.75 Å². The largest absolute Gasteiger partial charge is 0.494 e. The normalized spacial score (nSPS) is 14.1. The Morgan fingerprint density at radius 1 is 1.09 bits per heavy atom. The number of piperidine rings is 1. The number of benzene rings is 2. The van der Waals surface area contributed by atoms with Crippen LogP contribution >= 0.6 is 11.6 Å². The predicted molar refractivity (Wildman–Crippen MR) is 136 cm³/mol. The smallest absolute Gasteiger partial charge is 0.255 e. The number of aromatic nitrogens is 2. The zero-order chi connectivity index (χ0) is 24.9. The van der Waals surface area contributed by atoms with Crippen LogP contribution in [-0.2, 0) is 6.54 Å². The fraction of sp³-hybridized carbons (Fsp3) is 0.370. The van der Waals surface area contributed by atoms with Crippen molar-refractivity contribution < 1.29 is 14.3 Å². The SMILES string of the molecule is CCOc1ccc(C(=O)N2CCC(NC(=O)c3c(C)nn(Cc4ccccc4Cl)c3C)CC2)cc1. The van der Waals surface area contributed by atoms with Crippen LogP contribution in [0.3, 0.4) is 0 Å². The Kier molecular flexibility index (Phi) is 7.76. The Hall–Kier alpha value is -3.32. The van der Waals surface area contributed by atoms with Crippen molar-refractivity contribution in [3.8, 4) is 5.75 Å². The maximum Gasteiger partial charge on any atom is 0.255 e. The predicted octanol–water partition coefficient (Wildman–Crippen LogP) is 4.63. The molecule has 2 heterocycles. The molecule has 35 heavy (non-hydrogen) atoms. The third kappa shape index (κ3) is 5.68. The van der Waals surface area contributed by atoms with Crippen molar-refractivity contribution in [3.63, 3.8) is 0 Å². The summed E-state index contributed by atoms with van der Waals surface area (Å²) in [6.07, 6.45) is 1.42. The van der Waals surface area contributed by atoms with Crippen molar-refractivity contribution >= 4 is 23.4 Å². The van der Waals surface area contributed by atoms with Crippen molar-refractivity contribution in [1.82, 2.24) is 20.0 Å². The number of rotatable bonds is 7. The van der Waals surface area contributed by atoms with Crippen molar-refractivity contribution in [2.24, 2.45) is 0 Å². The van der Waals surface area contributed by atoms with E-state index in [1.54, 1.807) is 12.1 Å². The molecule has 0 atom stereocenters. The van der Waals surface area contributed by atoms with Gasteiger partial charge in [-0.15, -0.1) is 0 Å². The van der Waals surface area contributed by atoms with E-state index < -0.39 is 0 Å². The van der Waals surface area contributed by atoms with E-state index in [0.29, 0.717) is 60.9 Å². The van der Waals surface area contributed by atoms with Crippen LogP contribution in [0, 0.1) is 13.8 Å². The van der Waals surface area contributed by atoms with Gasteiger partial charge in [-0.1, -0.05) is 29.8 Å². The quantitative estimate of drug-likeness (QED) is 0.519. The number of nitrogens with one attached hydrogen (secondary N) is 1. The number of nitrogens with zero attached hydrogens (tertiary/aromatic N) is 3. The first-order chi connectivity index (χ1) is 16.9. The number of ether oxygens (including phenoxy) is 1. The first kappa shape index (κ1) is 24.8.